The molecule has 204 valence electrons. The first kappa shape index (κ1) is 30.5. The van der Waals surface area contributed by atoms with Gasteiger partial charge >= 0.3 is 5.97 Å². The van der Waals surface area contributed by atoms with Crippen molar-refractivity contribution in [3.8, 4) is 11.5 Å². The van der Waals surface area contributed by atoms with Crippen LogP contribution in [-0.2, 0) is 27.5 Å². The van der Waals surface area contributed by atoms with Crippen molar-refractivity contribution >= 4 is 53.2 Å². The highest BCUT2D eigenvalue weighted by atomic mass is 127. The van der Waals surface area contributed by atoms with Crippen molar-refractivity contribution in [1.29, 1.82) is 0 Å². The van der Waals surface area contributed by atoms with Crippen molar-refractivity contribution in [2.24, 2.45) is 5.92 Å². The van der Waals surface area contributed by atoms with Gasteiger partial charge in [0.1, 0.15) is 23.0 Å². The molecule has 0 bridgehead atoms. The van der Waals surface area contributed by atoms with Crippen LogP contribution in [0.4, 0.5) is 0 Å². The zero-order chi connectivity index (χ0) is 27.7. The molecule has 9 heteroatoms. The predicted molar refractivity (Wildman–Crippen MR) is 162 cm³/mol. The minimum atomic E-state index is -0.465. The molecule has 0 aliphatic rings. The maximum absolute atomic E-state index is 13.1. The zero-order valence-corrected chi connectivity index (χ0v) is 26.0. The number of aryl methyl sites for hydroxylation is 1. The Labute approximate surface area is 245 Å². The van der Waals surface area contributed by atoms with E-state index in [0.717, 1.165) is 38.6 Å². The normalized spacial score (nSPS) is 12.6. The van der Waals surface area contributed by atoms with Crippen molar-refractivity contribution in [1.82, 2.24) is 0 Å². The Morgan fingerprint density at radius 3 is 2.37 bits per heavy atom. The molecule has 3 rings (SSSR count). The lowest BCUT2D eigenvalue weighted by molar-refractivity contribution is -0.147. The van der Waals surface area contributed by atoms with E-state index in [0.29, 0.717) is 30.4 Å². The highest BCUT2D eigenvalue weighted by molar-refractivity contribution is 14.2. The predicted octanol–water partition coefficient (Wildman–Crippen LogP) is 7.39. The van der Waals surface area contributed by atoms with Gasteiger partial charge in [-0.2, -0.15) is 0 Å². The molecule has 0 aliphatic carbocycles. The molecule has 38 heavy (non-hydrogen) atoms. The van der Waals surface area contributed by atoms with Crippen LogP contribution in [0.25, 0.3) is 0 Å². The number of hydrogen-bond acceptors (Lipinski definition) is 8. The first-order valence-corrected chi connectivity index (χ1v) is 16.5. The van der Waals surface area contributed by atoms with Crippen LogP contribution < -0.4 is 9.47 Å². The number of carbonyl (C=O) groups excluding carboxylic acids is 2. The molecular formula is C29H33IO6S2. The van der Waals surface area contributed by atoms with Gasteiger partial charge in [-0.25, -0.2) is 0 Å². The Balaban J connectivity index is 1.89. The third kappa shape index (κ3) is 7.97. The lowest BCUT2D eigenvalue weighted by atomic mass is 9.84. The fourth-order valence-electron chi connectivity index (χ4n) is 4.12. The van der Waals surface area contributed by atoms with Crippen molar-refractivity contribution in [2.45, 2.75) is 39.9 Å². The van der Waals surface area contributed by atoms with Gasteiger partial charge in [0.05, 0.1) is 33.4 Å². The Bertz CT molecular complexity index is 1220. The lowest BCUT2D eigenvalue weighted by Crippen LogP contribution is -2.23. The molecule has 0 spiro atoms. The van der Waals surface area contributed by atoms with Gasteiger partial charge in [-0.1, -0.05) is 46.2 Å². The van der Waals surface area contributed by atoms with E-state index in [1.807, 2.05) is 50.2 Å². The number of halogens is 1. The van der Waals surface area contributed by atoms with Crippen LogP contribution >= 0.6 is 41.5 Å². The quantitative estimate of drug-likeness (QED) is 0.0768. The lowest BCUT2D eigenvalue weighted by Gasteiger charge is -2.23. The molecule has 0 radical (unpaired) electrons. The SMILES string of the molecule is COc1ccc(COCc2cc(C(c3cc(OC)c(C(C)=O)s3)C(C)C(=O)OCCSI)ccc2C)cc1. The molecule has 0 aliphatic heterocycles. The van der Waals surface area contributed by atoms with E-state index in [1.54, 1.807) is 23.2 Å². The summed E-state index contributed by atoms with van der Waals surface area (Å²) in [5.41, 5.74) is 4.16. The maximum atomic E-state index is 13.1. The van der Waals surface area contributed by atoms with Crippen molar-refractivity contribution in [3.63, 3.8) is 0 Å². The summed E-state index contributed by atoms with van der Waals surface area (Å²) in [6.07, 6.45) is 0. The Morgan fingerprint density at radius 1 is 1.03 bits per heavy atom. The molecule has 0 N–H and O–H groups in total. The second kappa shape index (κ2) is 14.9. The average molecular weight is 669 g/mol. The van der Waals surface area contributed by atoms with E-state index in [-0.39, 0.29) is 17.7 Å². The van der Waals surface area contributed by atoms with E-state index in [2.05, 4.69) is 33.3 Å². The minimum Gasteiger partial charge on any atom is -0.497 e. The number of methoxy groups -OCH3 is 2. The van der Waals surface area contributed by atoms with Crippen LogP contribution in [-0.4, -0.2) is 38.3 Å². The van der Waals surface area contributed by atoms with Gasteiger partial charge in [0.15, 0.2) is 5.78 Å². The van der Waals surface area contributed by atoms with Crippen LogP contribution in [0.15, 0.2) is 48.5 Å². The summed E-state index contributed by atoms with van der Waals surface area (Å²) in [5, 5.41) is 0. The second-order valence-corrected chi connectivity index (χ2v) is 12.5. The number of carbonyl (C=O) groups is 2. The van der Waals surface area contributed by atoms with E-state index in [4.69, 9.17) is 18.9 Å². The fourth-order valence-corrected chi connectivity index (χ4v) is 6.07. The van der Waals surface area contributed by atoms with Gasteiger partial charge in [-0.3, -0.25) is 9.59 Å². The van der Waals surface area contributed by atoms with Gasteiger partial charge in [-0.05, 0) is 68.6 Å². The van der Waals surface area contributed by atoms with Crippen molar-refractivity contribution in [3.05, 3.63) is 80.5 Å². The minimum absolute atomic E-state index is 0.0670. The molecule has 2 aromatic carbocycles. The second-order valence-electron chi connectivity index (χ2n) is 8.88. The number of esters is 1. The fraction of sp³-hybridized carbons (Fsp3) is 0.379. The summed E-state index contributed by atoms with van der Waals surface area (Å²) in [6, 6.07) is 15.9. The van der Waals surface area contributed by atoms with Crippen LogP contribution in [0.3, 0.4) is 0 Å². The molecule has 0 amide bonds. The van der Waals surface area contributed by atoms with Gasteiger partial charge < -0.3 is 18.9 Å². The van der Waals surface area contributed by atoms with E-state index in [1.165, 1.54) is 18.3 Å². The maximum Gasteiger partial charge on any atom is 0.309 e. The van der Waals surface area contributed by atoms with Crippen LogP contribution in [0.5, 0.6) is 11.5 Å². The highest BCUT2D eigenvalue weighted by Gasteiger charge is 2.31. The molecule has 6 nitrogen and oxygen atoms in total. The smallest absolute Gasteiger partial charge is 0.309 e. The number of rotatable bonds is 14. The first-order valence-electron chi connectivity index (χ1n) is 12.2. The number of hydrogen-bond donors (Lipinski definition) is 0. The van der Waals surface area contributed by atoms with E-state index < -0.39 is 5.92 Å². The molecule has 2 atom stereocenters. The summed E-state index contributed by atoms with van der Waals surface area (Å²) in [5.74, 6) is 0.959. The Morgan fingerprint density at radius 2 is 1.76 bits per heavy atom. The summed E-state index contributed by atoms with van der Waals surface area (Å²) in [7, 11) is 4.80. The molecule has 3 aromatic rings. The van der Waals surface area contributed by atoms with Crippen molar-refractivity contribution < 1.29 is 28.5 Å². The van der Waals surface area contributed by atoms with Crippen molar-refractivity contribution in [2.75, 3.05) is 26.6 Å². The monoisotopic (exact) mass is 668 g/mol. The molecule has 0 fully saturated rings. The number of Topliss-reactive ketones (excluding diaryl/α,β-unsaturated/α-hetero) is 1. The first-order chi connectivity index (χ1) is 18.3. The average Bonchev–Trinajstić information content (AvgIpc) is 3.35. The number of thiophene rings is 1. The molecule has 2 unspecified atom stereocenters. The summed E-state index contributed by atoms with van der Waals surface area (Å²) in [4.78, 5) is 26.8. The Kier molecular flexibility index (Phi) is 11.9. The largest absolute Gasteiger partial charge is 0.497 e. The summed E-state index contributed by atoms with van der Waals surface area (Å²) >= 11 is 3.56. The molecular weight excluding hydrogens is 635 g/mol. The number of benzene rings is 2. The van der Waals surface area contributed by atoms with Gasteiger partial charge in [0.2, 0.25) is 0 Å². The molecule has 1 aromatic heterocycles. The number of ether oxygens (including phenoxy) is 4. The van der Waals surface area contributed by atoms with Crippen LogP contribution in [0, 0.1) is 12.8 Å². The van der Waals surface area contributed by atoms with Crippen LogP contribution in [0.1, 0.15) is 56.6 Å². The van der Waals surface area contributed by atoms with E-state index in [9.17, 15) is 9.59 Å². The van der Waals surface area contributed by atoms with Gasteiger partial charge in [0.25, 0.3) is 0 Å². The topological polar surface area (TPSA) is 71.1 Å². The molecule has 0 saturated carbocycles. The van der Waals surface area contributed by atoms with Crippen LogP contribution in [0.2, 0.25) is 0 Å². The van der Waals surface area contributed by atoms with E-state index >= 15 is 0 Å². The molecule has 1 heterocycles. The summed E-state index contributed by atoms with van der Waals surface area (Å²) in [6.45, 7) is 6.70. The number of ketones is 1. The van der Waals surface area contributed by atoms with Gasteiger partial charge in [-0.15, -0.1) is 11.3 Å². The zero-order valence-electron chi connectivity index (χ0n) is 22.2. The third-order valence-electron chi connectivity index (χ3n) is 6.26. The Hall–Kier alpha value is -2.08. The molecule has 0 saturated heterocycles. The van der Waals surface area contributed by atoms with Gasteiger partial charge in [0, 0.05) is 23.5 Å². The highest BCUT2D eigenvalue weighted by Crippen LogP contribution is 2.42. The third-order valence-corrected chi connectivity index (χ3v) is 9.20. The standard InChI is InChI=1S/C29H33IO6S2/c1-18-6-9-22(14-23(18)17-35-16-21-7-10-24(33-4)11-8-21)27(19(2)29(32)36-12-13-37-30)26-15-25(34-5)28(38-26)20(3)31/h6-11,14-15,19,27H,12-13,16-17H2,1-5H3. The summed E-state index contributed by atoms with van der Waals surface area (Å²) < 4.78 is 22.3.